The number of benzene rings is 1. The number of aliphatic hydroxyl groups is 1. The van der Waals surface area contributed by atoms with Gasteiger partial charge >= 0.3 is 0 Å². The number of hydrogen-bond donors (Lipinski definition) is 1. The van der Waals surface area contributed by atoms with E-state index in [1.165, 1.54) is 12.1 Å². The van der Waals surface area contributed by atoms with Crippen LogP contribution in [-0.2, 0) is 0 Å². The summed E-state index contributed by atoms with van der Waals surface area (Å²) >= 11 is 0. The number of ether oxygens (including phenoxy) is 1. The first-order chi connectivity index (χ1) is 6.33. The van der Waals surface area contributed by atoms with Gasteiger partial charge in [0.1, 0.15) is 18.2 Å². The number of halogens is 1. The van der Waals surface area contributed by atoms with E-state index in [1.54, 1.807) is 24.3 Å². The van der Waals surface area contributed by atoms with Crippen LogP contribution in [0.4, 0.5) is 4.39 Å². The smallest absolute Gasteiger partial charge is 0.123 e. The largest absolute Gasteiger partial charge is 0.490 e. The van der Waals surface area contributed by atoms with E-state index >= 15 is 0 Å². The lowest BCUT2D eigenvalue weighted by atomic mass is 10.3. The maximum absolute atomic E-state index is 12.4. The first kappa shape index (κ1) is 9.74. The van der Waals surface area contributed by atoms with Crippen molar-refractivity contribution in [2.75, 3.05) is 13.2 Å². The van der Waals surface area contributed by atoms with Crippen LogP contribution in [0, 0.1) is 5.82 Å². The van der Waals surface area contributed by atoms with E-state index in [4.69, 9.17) is 9.84 Å². The summed E-state index contributed by atoms with van der Waals surface area (Å²) in [6.07, 6.45) is 3.28. The fraction of sp³-hybridized carbons (Fsp3) is 0.200. The lowest BCUT2D eigenvalue weighted by Crippen LogP contribution is -1.93. The van der Waals surface area contributed by atoms with Gasteiger partial charge in [-0.15, -0.1) is 0 Å². The molecule has 0 aliphatic carbocycles. The Hall–Kier alpha value is -1.35. The Kier molecular flexibility index (Phi) is 3.99. The second-order valence-electron chi connectivity index (χ2n) is 2.42. The zero-order valence-electron chi connectivity index (χ0n) is 7.11. The lowest BCUT2D eigenvalue weighted by Gasteiger charge is -2.01. The molecule has 1 N–H and O–H groups in total. The number of hydrogen-bond acceptors (Lipinski definition) is 2. The highest BCUT2D eigenvalue weighted by atomic mass is 19.1. The van der Waals surface area contributed by atoms with Crippen molar-refractivity contribution in [3.63, 3.8) is 0 Å². The molecular weight excluding hydrogens is 171 g/mol. The third kappa shape index (κ3) is 3.71. The monoisotopic (exact) mass is 182 g/mol. The Morgan fingerprint density at radius 2 is 1.92 bits per heavy atom. The van der Waals surface area contributed by atoms with E-state index in [0.717, 1.165) is 0 Å². The molecular formula is C10H11FO2. The molecule has 3 heteroatoms. The van der Waals surface area contributed by atoms with Crippen LogP contribution in [0.3, 0.4) is 0 Å². The fourth-order valence-corrected chi connectivity index (χ4v) is 0.818. The van der Waals surface area contributed by atoms with Gasteiger partial charge in [-0.25, -0.2) is 4.39 Å². The van der Waals surface area contributed by atoms with Gasteiger partial charge in [-0.2, -0.15) is 0 Å². The van der Waals surface area contributed by atoms with E-state index in [9.17, 15) is 4.39 Å². The van der Waals surface area contributed by atoms with Crippen molar-refractivity contribution in [3.05, 3.63) is 42.2 Å². The molecule has 70 valence electrons. The van der Waals surface area contributed by atoms with Gasteiger partial charge in [0.2, 0.25) is 0 Å². The van der Waals surface area contributed by atoms with Crippen LogP contribution in [0.15, 0.2) is 36.4 Å². The van der Waals surface area contributed by atoms with E-state index in [-0.39, 0.29) is 12.4 Å². The lowest BCUT2D eigenvalue weighted by molar-refractivity contribution is 0.336. The van der Waals surface area contributed by atoms with Crippen molar-refractivity contribution < 1.29 is 14.2 Å². The molecule has 0 saturated carbocycles. The average Bonchev–Trinajstić information content (AvgIpc) is 2.15. The minimum atomic E-state index is -0.279. The summed E-state index contributed by atoms with van der Waals surface area (Å²) in [4.78, 5) is 0. The van der Waals surface area contributed by atoms with Crippen LogP contribution in [0.25, 0.3) is 0 Å². The first-order valence-corrected chi connectivity index (χ1v) is 3.97. The normalized spacial score (nSPS) is 10.6. The second kappa shape index (κ2) is 5.32. The van der Waals surface area contributed by atoms with Gasteiger partial charge in [-0.05, 0) is 30.3 Å². The van der Waals surface area contributed by atoms with E-state index in [1.807, 2.05) is 0 Å². The highest BCUT2D eigenvalue weighted by molar-refractivity contribution is 5.22. The van der Waals surface area contributed by atoms with Crippen LogP contribution < -0.4 is 4.74 Å². The molecule has 13 heavy (non-hydrogen) atoms. The van der Waals surface area contributed by atoms with Crippen molar-refractivity contribution in [1.82, 2.24) is 0 Å². The summed E-state index contributed by atoms with van der Waals surface area (Å²) in [6, 6.07) is 5.79. The van der Waals surface area contributed by atoms with Crippen LogP contribution >= 0.6 is 0 Å². The van der Waals surface area contributed by atoms with Gasteiger partial charge in [-0.1, -0.05) is 6.08 Å². The van der Waals surface area contributed by atoms with Crippen molar-refractivity contribution in [2.45, 2.75) is 0 Å². The topological polar surface area (TPSA) is 29.5 Å². The molecule has 0 aromatic heterocycles. The molecule has 2 nitrogen and oxygen atoms in total. The maximum atomic E-state index is 12.4. The molecule has 0 aliphatic rings. The molecule has 0 atom stereocenters. The second-order valence-corrected chi connectivity index (χ2v) is 2.42. The molecule has 1 aromatic carbocycles. The Morgan fingerprint density at radius 3 is 2.54 bits per heavy atom. The van der Waals surface area contributed by atoms with Crippen molar-refractivity contribution in [3.8, 4) is 5.75 Å². The van der Waals surface area contributed by atoms with Crippen molar-refractivity contribution >= 4 is 0 Å². The molecule has 0 saturated heterocycles. The number of aliphatic hydroxyl groups excluding tert-OH is 1. The molecule has 1 rings (SSSR count). The van der Waals surface area contributed by atoms with Gasteiger partial charge < -0.3 is 9.84 Å². The fourth-order valence-electron chi connectivity index (χ4n) is 0.818. The summed E-state index contributed by atoms with van der Waals surface area (Å²) < 4.78 is 17.6. The van der Waals surface area contributed by atoms with Crippen LogP contribution in [0.2, 0.25) is 0 Å². The van der Waals surface area contributed by atoms with E-state index in [0.29, 0.717) is 12.4 Å². The quantitative estimate of drug-likeness (QED) is 0.719. The zero-order chi connectivity index (χ0) is 9.52. The summed E-state index contributed by atoms with van der Waals surface area (Å²) in [5, 5.41) is 8.41. The van der Waals surface area contributed by atoms with Crippen LogP contribution in [0.1, 0.15) is 0 Å². The van der Waals surface area contributed by atoms with Gasteiger partial charge in [0.25, 0.3) is 0 Å². The van der Waals surface area contributed by atoms with Crippen molar-refractivity contribution in [1.29, 1.82) is 0 Å². The van der Waals surface area contributed by atoms with E-state index in [2.05, 4.69) is 0 Å². The molecule has 0 amide bonds. The predicted molar refractivity (Wildman–Crippen MR) is 48.1 cm³/mol. The Morgan fingerprint density at radius 1 is 1.23 bits per heavy atom. The molecule has 0 spiro atoms. The Labute approximate surface area is 76.3 Å². The standard InChI is InChI=1S/C10H11FO2/c11-9-3-5-10(6-4-9)13-8-2-1-7-12/h1-6,12H,7-8H2/b2-1+. The van der Waals surface area contributed by atoms with E-state index < -0.39 is 0 Å². The number of rotatable bonds is 4. The third-order valence-corrected chi connectivity index (χ3v) is 1.43. The average molecular weight is 182 g/mol. The van der Waals surface area contributed by atoms with Gasteiger partial charge in [0.05, 0.1) is 6.61 Å². The summed E-state index contributed by atoms with van der Waals surface area (Å²) in [5.41, 5.74) is 0. The molecule has 0 heterocycles. The minimum absolute atomic E-state index is 0.00672. The Bertz CT molecular complexity index is 267. The molecule has 0 bridgehead atoms. The predicted octanol–water partition coefficient (Wildman–Crippen LogP) is 1.75. The van der Waals surface area contributed by atoms with Gasteiger partial charge in [-0.3, -0.25) is 0 Å². The highest BCUT2D eigenvalue weighted by Crippen LogP contribution is 2.10. The Balaban J connectivity index is 2.37. The summed E-state index contributed by atoms with van der Waals surface area (Å²) in [5.74, 6) is 0.335. The van der Waals surface area contributed by atoms with Crippen LogP contribution in [0.5, 0.6) is 5.75 Å². The molecule has 0 radical (unpaired) electrons. The van der Waals surface area contributed by atoms with Gasteiger partial charge in [0, 0.05) is 0 Å². The van der Waals surface area contributed by atoms with Gasteiger partial charge in [0.15, 0.2) is 0 Å². The molecule has 1 aromatic rings. The third-order valence-electron chi connectivity index (χ3n) is 1.43. The zero-order valence-corrected chi connectivity index (χ0v) is 7.11. The highest BCUT2D eigenvalue weighted by Gasteiger charge is 1.91. The SMILES string of the molecule is OC/C=C/COc1ccc(F)cc1. The summed E-state index contributed by atoms with van der Waals surface area (Å²) in [7, 11) is 0. The molecule has 0 unspecified atom stereocenters. The maximum Gasteiger partial charge on any atom is 0.123 e. The van der Waals surface area contributed by atoms with Crippen LogP contribution in [-0.4, -0.2) is 18.3 Å². The first-order valence-electron chi connectivity index (χ1n) is 3.97. The summed E-state index contributed by atoms with van der Waals surface area (Å²) in [6.45, 7) is 0.388. The molecule has 0 aliphatic heterocycles. The minimum Gasteiger partial charge on any atom is -0.490 e. The van der Waals surface area contributed by atoms with Crippen molar-refractivity contribution in [2.24, 2.45) is 0 Å². The molecule has 0 fully saturated rings.